The van der Waals surface area contributed by atoms with Crippen LogP contribution in [0.15, 0.2) is 0 Å². The van der Waals surface area contributed by atoms with E-state index in [1.165, 1.54) is 0 Å². The normalized spacial score (nSPS) is 12.2. The summed E-state index contributed by atoms with van der Waals surface area (Å²) in [4.78, 5) is 11.1. The minimum atomic E-state index is -0.142. The Labute approximate surface area is 80.7 Å². The summed E-state index contributed by atoms with van der Waals surface area (Å²) in [6.07, 6.45) is 6.30. The molecule has 0 aliphatic heterocycles. The molecule has 0 N–H and O–H groups in total. The monoisotopic (exact) mass is 182 g/mol. The molecule has 1 atom stereocenters. The quantitative estimate of drug-likeness (QED) is 0.481. The van der Waals surface area contributed by atoms with Crippen LogP contribution in [0.4, 0.5) is 0 Å². The number of hydrogen-bond donors (Lipinski definition) is 0. The van der Waals surface area contributed by atoms with Gasteiger partial charge in [-0.15, -0.1) is 12.3 Å². The molecule has 74 valence electrons. The van der Waals surface area contributed by atoms with Gasteiger partial charge in [0.2, 0.25) is 0 Å². The SMILES string of the molecule is C#CCC(CC(=O)OCC)C(C)C. The zero-order valence-corrected chi connectivity index (χ0v) is 8.67. The van der Waals surface area contributed by atoms with Gasteiger partial charge in [0.05, 0.1) is 6.61 Å². The summed E-state index contributed by atoms with van der Waals surface area (Å²) in [6, 6.07) is 0. The molecule has 0 amide bonds. The van der Waals surface area contributed by atoms with Crippen LogP contribution in [0.5, 0.6) is 0 Å². The molecule has 0 bridgehead atoms. The average molecular weight is 182 g/mol. The van der Waals surface area contributed by atoms with Crippen molar-refractivity contribution in [2.75, 3.05) is 6.61 Å². The molecule has 0 saturated carbocycles. The molecular formula is C11H18O2. The van der Waals surface area contributed by atoms with Crippen LogP contribution in [-0.2, 0) is 9.53 Å². The second-order valence-corrected chi connectivity index (χ2v) is 3.42. The van der Waals surface area contributed by atoms with Gasteiger partial charge in [-0.25, -0.2) is 0 Å². The van der Waals surface area contributed by atoms with E-state index in [9.17, 15) is 4.79 Å². The van der Waals surface area contributed by atoms with Crippen LogP contribution >= 0.6 is 0 Å². The summed E-state index contributed by atoms with van der Waals surface area (Å²) in [5.41, 5.74) is 0. The number of rotatable bonds is 5. The van der Waals surface area contributed by atoms with Crippen molar-refractivity contribution >= 4 is 5.97 Å². The maximum Gasteiger partial charge on any atom is 0.306 e. The zero-order valence-electron chi connectivity index (χ0n) is 8.67. The summed E-state index contributed by atoms with van der Waals surface area (Å²) in [5, 5.41) is 0. The van der Waals surface area contributed by atoms with E-state index in [0.717, 1.165) is 0 Å². The van der Waals surface area contributed by atoms with Gasteiger partial charge in [-0.1, -0.05) is 13.8 Å². The molecule has 0 spiro atoms. The van der Waals surface area contributed by atoms with Gasteiger partial charge >= 0.3 is 5.97 Å². The van der Waals surface area contributed by atoms with E-state index in [0.29, 0.717) is 25.4 Å². The molecule has 0 aromatic carbocycles. The molecule has 0 rings (SSSR count). The summed E-state index contributed by atoms with van der Waals surface area (Å²) in [7, 11) is 0. The Kier molecular flexibility index (Phi) is 6.05. The maximum atomic E-state index is 11.1. The molecule has 2 heteroatoms. The molecule has 0 fully saturated rings. The van der Waals surface area contributed by atoms with Crippen molar-refractivity contribution in [2.45, 2.75) is 33.6 Å². The van der Waals surface area contributed by atoms with Crippen molar-refractivity contribution in [3.05, 3.63) is 0 Å². The lowest BCUT2D eigenvalue weighted by Crippen LogP contribution is -2.15. The van der Waals surface area contributed by atoms with Gasteiger partial charge in [-0.2, -0.15) is 0 Å². The third-order valence-electron chi connectivity index (χ3n) is 2.06. The fourth-order valence-corrected chi connectivity index (χ4v) is 1.13. The highest BCUT2D eigenvalue weighted by atomic mass is 16.5. The molecule has 1 unspecified atom stereocenters. The standard InChI is InChI=1S/C11H18O2/c1-5-7-10(9(3)4)8-11(12)13-6-2/h1,9-10H,6-8H2,2-4H3. The van der Waals surface area contributed by atoms with Crippen LogP contribution in [0.3, 0.4) is 0 Å². The Bertz CT molecular complexity index is 189. The molecule has 2 nitrogen and oxygen atoms in total. The fourth-order valence-electron chi connectivity index (χ4n) is 1.13. The van der Waals surface area contributed by atoms with Gasteiger partial charge in [-0.3, -0.25) is 4.79 Å². The number of ether oxygens (including phenoxy) is 1. The molecule has 0 saturated heterocycles. The van der Waals surface area contributed by atoms with Crippen LogP contribution in [-0.4, -0.2) is 12.6 Å². The van der Waals surface area contributed by atoms with Crippen LogP contribution < -0.4 is 0 Å². The van der Waals surface area contributed by atoms with Crippen molar-refractivity contribution in [1.82, 2.24) is 0 Å². The van der Waals surface area contributed by atoms with E-state index >= 15 is 0 Å². The molecule has 0 aliphatic carbocycles. The minimum absolute atomic E-state index is 0.142. The Morgan fingerprint density at radius 1 is 1.54 bits per heavy atom. The molecule has 0 aromatic rings. The number of esters is 1. The van der Waals surface area contributed by atoms with Crippen molar-refractivity contribution in [2.24, 2.45) is 11.8 Å². The van der Waals surface area contributed by atoms with Gasteiger partial charge in [-0.05, 0) is 18.8 Å². The van der Waals surface area contributed by atoms with E-state index in [4.69, 9.17) is 11.2 Å². The zero-order chi connectivity index (χ0) is 10.3. The molecule has 0 radical (unpaired) electrons. The largest absolute Gasteiger partial charge is 0.466 e. The first-order chi connectivity index (χ1) is 6.11. The number of carbonyl (C=O) groups excluding carboxylic acids is 1. The smallest absolute Gasteiger partial charge is 0.306 e. The molecule has 0 aliphatic rings. The number of carbonyl (C=O) groups is 1. The first-order valence-corrected chi connectivity index (χ1v) is 4.70. The van der Waals surface area contributed by atoms with E-state index in [2.05, 4.69) is 19.8 Å². The maximum absolute atomic E-state index is 11.1. The van der Waals surface area contributed by atoms with Gasteiger partial charge in [0.1, 0.15) is 0 Å². The average Bonchev–Trinajstić information content (AvgIpc) is 2.04. The summed E-state index contributed by atoms with van der Waals surface area (Å²) >= 11 is 0. The van der Waals surface area contributed by atoms with Crippen LogP contribution in [0, 0.1) is 24.2 Å². The van der Waals surface area contributed by atoms with Gasteiger partial charge in [0.25, 0.3) is 0 Å². The van der Waals surface area contributed by atoms with Crippen LogP contribution in [0.2, 0.25) is 0 Å². The highest BCUT2D eigenvalue weighted by molar-refractivity contribution is 5.69. The van der Waals surface area contributed by atoms with Crippen LogP contribution in [0.1, 0.15) is 33.6 Å². The molecule has 13 heavy (non-hydrogen) atoms. The third kappa shape index (κ3) is 5.30. The Morgan fingerprint density at radius 3 is 2.54 bits per heavy atom. The lowest BCUT2D eigenvalue weighted by molar-refractivity contribution is -0.144. The van der Waals surface area contributed by atoms with Crippen molar-refractivity contribution in [1.29, 1.82) is 0 Å². The third-order valence-corrected chi connectivity index (χ3v) is 2.06. The lowest BCUT2D eigenvalue weighted by Gasteiger charge is -2.16. The topological polar surface area (TPSA) is 26.3 Å². The van der Waals surface area contributed by atoms with Crippen molar-refractivity contribution in [3.63, 3.8) is 0 Å². The molecule has 0 aromatic heterocycles. The summed E-state index contributed by atoms with van der Waals surface area (Å²) in [5.74, 6) is 3.13. The highest BCUT2D eigenvalue weighted by Gasteiger charge is 2.16. The Balaban J connectivity index is 3.96. The second-order valence-electron chi connectivity index (χ2n) is 3.42. The van der Waals surface area contributed by atoms with E-state index in [1.807, 2.05) is 6.92 Å². The first kappa shape index (κ1) is 12.0. The predicted octanol–water partition coefficient (Wildman–Crippen LogP) is 2.24. The van der Waals surface area contributed by atoms with Crippen LogP contribution in [0.25, 0.3) is 0 Å². The highest BCUT2D eigenvalue weighted by Crippen LogP contribution is 2.19. The Hall–Kier alpha value is -0.970. The van der Waals surface area contributed by atoms with Crippen molar-refractivity contribution < 1.29 is 9.53 Å². The van der Waals surface area contributed by atoms with Gasteiger partial charge in [0, 0.05) is 12.8 Å². The lowest BCUT2D eigenvalue weighted by atomic mass is 9.90. The van der Waals surface area contributed by atoms with E-state index < -0.39 is 0 Å². The minimum Gasteiger partial charge on any atom is -0.466 e. The van der Waals surface area contributed by atoms with Gasteiger partial charge < -0.3 is 4.74 Å². The summed E-state index contributed by atoms with van der Waals surface area (Å²) in [6.45, 7) is 6.39. The first-order valence-electron chi connectivity index (χ1n) is 4.70. The fraction of sp³-hybridized carbons (Fsp3) is 0.727. The van der Waals surface area contributed by atoms with Gasteiger partial charge in [0.15, 0.2) is 0 Å². The molecule has 0 heterocycles. The summed E-state index contributed by atoms with van der Waals surface area (Å²) < 4.78 is 4.86. The molecular weight excluding hydrogens is 164 g/mol. The predicted molar refractivity (Wildman–Crippen MR) is 53.0 cm³/mol. The number of terminal acetylenes is 1. The van der Waals surface area contributed by atoms with E-state index in [1.54, 1.807) is 0 Å². The van der Waals surface area contributed by atoms with E-state index in [-0.39, 0.29) is 11.9 Å². The van der Waals surface area contributed by atoms with Crippen molar-refractivity contribution in [3.8, 4) is 12.3 Å². The Morgan fingerprint density at radius 2 is 2.15 bits per heavy atom. The number of hydrogen-bond acceptors (Lipinski definition) is 2. The second kappa shape index (κ2) is 6.54.